The van der Waals surface area contributed by atoms with Gasteiger partial charge in [-0.15, -0.1) is 0 Å². The summed E-state index contributed by atoms with van der Waals surface area (Å²) in [4.78, 5) is 0. The maximum atomic E-state index is 2.61. The summed E-state index contributed by atoms with van der Waals surface area (Å²) in [7, 11) is 0.971. The number of hydrogen-bond acceptors (Lipinski definition) is 2. The van der Waals surface area contributed by atoms with Crippen LogP contribution in [0.3, 0.4) is 0 Å². The Morgan fingerprint density at radius 1 is 0.917 bits per heavy atom. The van der Waals surface area contributed by atoms with Gasteiger partial charge in [0.25, 0.3) is 0 Å². The lowest BCUT2D eigenvalue weighted by Gasteiger charge is -2.41. The number of hydrogen-bond donors (Lipinski definition) is 0. The van der Waals surface area contributed by atoms with Gasteiger partial charge in [0.15, 0.2) is 8.40 Å². The molecule has 0 aliphatic carbocycles. The van der Waals surface area contributed by atoms with Crippen LogP contribution < -0.4 is 0 Å². The van der Waals surface area contributed by atoms with Crippen LogP contribution in [-0.2, 0) is 0 Å². The summed E-state index contributed by atoms with van der Waals surface area (Å²) in [6.45, 7) is 15.1. The second-order valence-corrected chi connectivity index (χ2v) is 8.07. The first kappa shape index (κ1) is 12.1. The second kappa shape index (κ2) is 4.99. The molecule has 0 heterocycles. The molecular weight excluding hydrogens is 164 g/mol. The van der Waals surface area contributed by atoms with Gasteiger partial charge in [0.1, 0.15) is 0 Å². The molecule has 0 rings (SSSR count). The molecule has 0 aromatic carbocycles. The Kier molecular flexibility index (Phi) is 5.05. The zero-order valence-electron chi connectivity index (χ0n) is 9.52. The summed E-state index contributed by atoms with van der Waals surface area (Å²) < 4.78 is 5.12. The molecule has 12 heavy (non-hydrogen) atoms. The molecule has 3 heteroatoms. The van der Waals surface area contributed by atoms with E-state index in [1.165, 1.54) is 13.1 Å². The molecule has 0 amide bonds. The molecule has 0 atom stereocenters. The van der Waals surface area contributed by atoms with Crippen LogP contribution in [0, 0.1) is 0 Å². The van der Waals surface area contributed by atoms with Crippen molar-refractivity contribution in [2.45, 2.75) is 33.9 Å². The molecular formula is C9H24N2Si. The molecule has 0 saturated heterocycles. The molecule has 2 nitrogen and oxygen atoms in total. The second-order valence-electron chi connectivity index (χ2n) is 3.68. The lowest BCUT2D eigenvalue weighted by molar-refractivity contribution is 0.387. The van der Waals surface area contributed by atoms with Gasteiger partial charge in [-0.25, -0.2) is 0 Å². The quantitative estimate of drug-likeness (QED) is 0.609. The van der Waals surface area contributed by atoms with E-state index in [2.05, 4.69) is 50.0 Å². The van der Waals surface area contributed by atoms with Crippen LogP contribution >= 0.6 is 0 Å². The molecule has 0 unspecified atom stereocenters. The number of rotatable bonds is 5. The van der Waals surface area contributed by atoms with Crippen LogP contribution in [0.2, 0.25) is 13.1 Å². The Morgan fingerprint density at radius 3 is 1.58 bits per heavy atom. The molecule has 0 bridgehead atoms. The molecule has 0 spiro atoms. The molecule has 0 saturated carbocycles. The monoisotopic (exact) mass is 188 g/mol. The third-order valence-corrected chi connectivity index (χ3v) is 7.31. The summed E-state index contributed by atoms with van der Waals surface area (Å²) in [5, 5.41) is 0. The first-order valence-corrected chi connectivity index (χ1v) is 7.86. The van der Waals surface area contributed by atoms with E-state index in [0.29, 0.717) is 0 Å². The van der Waals surface area contributed by atoms with Crippen molar-refractivity contribution in [2.24, 2.45) is 0 Å². The van der Waals surface area contributed by atoms with E-state index in [-0.39, 0.29) is 0 Å². The van der Waals surface area contributed by atoms with Gasteiger partial charge in [-0.05, 0) is 39.8 Å². The van der Waals surface area contributed by atoms with Gasteiger partial charge < -0.3 is 9.13 Å². The average Bonchev–Trinajstić information content (AvgIpc) is 2.04. The largest absolute Gasteiger partial charge is 0.315 e. The highest BCUT2D eigenvalue weighted by atomic mass is 28.3. The van der Waals surface area contributed by atoms with Gasteiger partial charge in [-0.1, -0.05) is 20.8 Å². The lowest BCUT2D eigenvalue weighted by Crippen LogP contribution is -2.60. The molecule has 0 aliphatic rings. The summed E-state index contributed by atoms with van der Waals surface area (Å²) in [6, 6.07) is 0. The predicted molar refractivity (Wildman–Crippen MR) is 58.7 cm³/mol. The third-order valence-electron chi connectivity index (χ3n) is 2.95. The van der Waals surface area contributed by atoms with Crippen molar-refractivity contribution in [1.29, 1.82) is 0 Å². The summed E-state index contributed by atoms with van der Waals surface area (Å²) in [5.41, 5.74) is 0. The molecule has 74 valence electrons. The van der Waals surface area contributed by atoms with Gasteiger partial charge in [0, 0.05) is 0 Å². The van der Waals surface area contributed by atoms with Crippen LogP contribution in [0.1, 0.15) is 20.8 Å². The molecule has 0 aromatic heterocycles. The van der Waals surface area contributed by atoms with Crippen molar-refractivity contribution in [3.05, 3.63) is 0 Å². The topological polar surface area (TPSA) is 6.48 Å². The van der Waals surface area contributed by atoms with Crippen LogP contribution in [0.15, 0.2) is 0 Å². The van der Waals surface area contributed by atoms with Gasteiger partial charge >= 0.3 is 0 Å². The summed E-state index contributed by atoms with van der Waals surface area (Å²) in [6.07, 6.45) is 0. The fourth-order valence-electron chi connectivity index (χ4n) is 1.63. The first-order chi connectivity index (χ1) is 5.50. The smallest absolute Gasteiger partial charge is 0.200 e. The summed E-state index contributed by atoms with van der Waals surface area (Å²) in [5.74, 6) is 0. The van der Waals surface area contributed by atoms with E-state index in [1.54, 1.807) is 0 Å². The molecule has 0 fully saturated rings. The molecule has 0 radical (unpaired) electrons. The van der Waals surface area contributed by atoms with E-state index in [0.717, 1.165) is 6.54 Å². The summed E-state index contributed by atoms with van der Waals surface area (Å²) >= 11 is 0. The highest BCUT2D eigenvalue weighted by Crippen LogP contribution is 2.12. The minimum Gasteiger partial charge on any atom is -0.315 e. The maximum Gasteiger partial charge on any atom is 0.200 e. The predicted octanol–water partition coefficient (Wildman–Crippen LogP) is 1.98. The van der Waals surface area contributed by atoms with Crippen molar-refractivity contribution >= 4 is 8.40 Å². The fraction of sp³-hybridized carbons (Fsp3) is 1.00. The van der Waals surface area contributed by atoms with E-state index < -0.39 is 8.40 Å². The van der Waals surface area contributed by atoms with E-state index in [4.69, 9.17) is 0 Å². The van der Waals surface area contributed by atoms with Crippen LogP contribution in [0.25, 0.3) is 0 Å². The minimum atomic E-state index is -1.27. The number of nitrogens with zero attached hydrogens (tertiary/aromatic N) is 2. The maximum absolute atomic E-state index is 2.61. The van der Waals surface area contributed by atoms with Crippen molar-refractivity contribution in [3.8, 4) is 0 Å². The van der Waals surface area contributed by atoms with Crippen molar-refractivity contribution < 1.29 is 0 Å². The fourth-order valence-corrected chi connectivity index (χ4v) is 4.43. The van der Waals surface area contributed by atoms with Gasteiger partial charge in [0.05, 0.1) is 0 Å². The van der Waals surface area contributed by atoms with Gasteiger partial charge in [0.2, 0.25) is 0 Å². The minimum absolute atomic E-state index is 1.16. The Balaban J connectivity index is 4.33. The van der Waals surface area contributed by atoms with E-state index >= 15 is 0 Å². The van der Waals surface area contributed by atoms with E-state index in [1.807, 2.05) is 0 Å². The zero-order valence-corrected chi connectivity index (χ0v) is 10.5. The van der Waals surface area contributed by atoms with Crippen LogP contribution in [0.5, 0.6) is 0 Å². The van der Waals surface area contributed by atoms with Crippen molar-refractivity contribution in [1.82, 2.24) is 9.13 Å². The Hall–Kier alpha value is 0.137. The molecule has 0 aliphatic heterocycles. The molecule has 0 aromatic rings. The molecule has 0 N–H and O–H groups in total. The average molecular weight is 188 g/mol. The van der Waals surface area contributed by atoms with E-state index in [9.17, 15) is 0 Å². The zero-order chi connectivity index (χ0) is 9.78. The lowest BCUT2D eigenvalue weighted by atomic mass is 10.7. The van der Waals surface area contributed by atoms with Gasteiger partial charge in [-0.2, -0.15) is 0 Å². The van der Waals surface area contributed by atoms with Gasteiger partial charge in [-0.3, -0.25) is 0 Å². The Morgan fingerprint density at radius 2 is 1.33 bits per heavy atom. The van der Waals surface area contributed by atoms with Crippen molar-refractivity contribution in [3.63, 3.8) is 0 Å². The van der Waals surface area contributed by atoms with Crippen LogP contribution in [-0.4, -0.2) is 44.2 Å². The Labute approximate surface area is 78.7 Å². The highest BCUT2D eigenvalue weighted by molar-refractivity contribution is 6.71. The highest BCUT2D eigenvalue weighted by Gasteiger charge is 2.31. The third kappa shape index (κ3) is 2.57. The Bertz CT molecular complexity index is 122. The standard InChI is InChI=1S/C9H24N2Si/c1-7-10(4)12(5,6)11(8-2)9-3/h7-9H2,1-6H3. The first-order valence-electron chi connectivity index (χ1n) is 4.96. The normalized spacial score (nSPS) is 13.0. The SMILES string of the molecule is CCN(C)[Si](C)(C)N(CC)CC. The van der Waals surface area contributed by atoms with Crippen molar-refractivity contribution in [2.75, 3.05) is 26.7 Å². The van der Waals surface area contributed by atoms with Crippen LogP contribution in [0.4, 0.5) is 0 Å².